The number of aliphatic carboxylic acids is 1. The van der Waals surface area contributed by atoms with Gasteiger partial charge in [-0.1, -0.05) is 12.8 Å². The molecule has 0 radical (unpaired) electrons. The molecule has 1 heterocycles. The van der Waals surface area contributed by atoms with Crippen LogP contribution in [0.5, 0.6) is 0 Å². The van der Waals surface area contributed by atoms with Crippen molar-refractivity contribution in [2.45, 2.75) is 76.4 Å². The molecule has 0 aromatic carbocycles. The molecule has 3 heteroatoms. The van der Waals surface area contributed by atoms with Gasteiger partial charge in [0.25, 0.3) is 0 Å². The standard InChI is InChI=1S/C15H25NO2/c1-10(11-6-7-11)16-13-5-3-2-4-12(13)8-9-14(16)15(17)18/h10-14H,2-9H2,1H3,(H,17,18). The van der Waals surface area contributed by atoms with Gasteiger partial charge in [0.05, 0.1) is 0 Å². The molecule has 2 aliphatic carbocycles. The van der Waals surface area contributed by atoms with Gasteiger partial charge in [-0.05, 0) is 57.3 Å². The Bertz CT molecular complexity index is 326. The predicted octanol–water partition coefficient (Wildman–Crippen LogP) is 2.89. The number of hydrogen-bond donors (Lipinski definition) is 1. The van der Waals surface area contributed by atoms with Crippen LogP contribution in [0.15, 0.2) is 0 Å². The van der Waals surface area contributed by atoms with Crippen molar-refractivity contribution in [3.8, 4) is 0 Å². The lowest BCUT2D eigenvalue weighted by Gasteiger charge is -2.50. The SMILES string of the molecule is CC(C1CC1)N1C(C(=O)O)CCC2CCCCC21. The molecule has 102 valence electrons. The van der Waals surface area contributed by atoms with Gasteiger partial charge in [-0.15, -0.1) is 0 Å². The van der Waals surface area contributed by atoms with Gasteiger partial charge < -0.3 is 5.11 Å². The molecule has 4 unspecified atom stereocenters. The second-order valence-electron chi connectivity index (χ2n) is 6.57. The molecule has 1 saturated heterocycles. The third-order valence-electron chi connectivity index (χ3n) is 5.48. The monoisotopic (exact) mass is 251 g/mol. The summed E-state index contributed by atoms with van der Waals surface area (Å²) in [5.74, 6) is 0.953. The fourth-order valence-corrected chi connectivity index (χ4v) is 4.33. The van der Waals surface area contributed by atoms with Gasteiger partial charge in [-0.25, -0.2) is 0 Å². The highest BCUT2D eigenvalue weighted by Crippen LogP contribution is 2.44. The van der Waals surface area contributed by atoms with Crippen LogP contribution >= 0.6 is 0 Å². The summed E-state index contributed by atoms with van der Waals surface area (Å²) in [6.45, 7) is 2.27. The van der Waals surface area contributed by atoms with E-state index in [9.17, 15) is 9.90 Å². The minimum Gasteiger partial charge on any atom is -0.480 e. The number of piperidine rings is 1. The first-order chi connectivity index (χ1) is 8.68. The number of carboxylic acid groups (broad SMARTS) is 1. The summed E-state index contributed by atoms with van der Waals surface area (Å²) in [5, 5.41) is 9.51. The molecule has 3 fully saturated rings. The Hall–Kier alpha value is -0.570. The van der Waals surface area contributed by atoms with Crippen molar-refractivity contribution < 1.29 is 9.90 Å². The van der Waals surface area contributed by atoms with E-state index in [4.69, 9.17) is 0 Å². The van der Waals surface area contributed by atoms with Crippen LogP contribution in [0.25, 0.3) is 0 Å². The van der Waals surface area contributed by atoms with Crippen LogP contribution in [0.1, 0.15) is 58.3 Å². The van der Waals surface area contributed by atoms with Crippen molar-refractivity contribution in [1.82, 2.24) is 4.90 Å². The maximum absolute atomic E-state index is 11.5. The van der Waals surface area contributed by atoms with Gasteiger partial charge in [0, 0.05) is 12.1 Å². The van der Waals surface area contributed by atoms with Crippen molar-refractivity contribution in [3.05, 3.63) is 0 Å². The Labute approximate surface area is 110 Å². The molecule has 2 saturated carbocycles. The quantitative estimate of drug-likeness (QED) is 0.838. The summed E-state index contributed by atoms with van der Waals surface area (Å²) in [6, 6.07) is 0.834. The first-order valence-electron chi connectivity index (χ1n) is 7.68. The maximum atomic E-state index is 11.5. The fraction of sp³-hybridized carbons (Fsp3) is 0.933. The van der Waals surface area contributed by atoms with E-state index < -0.39 is 5.97 Å². The van der Waals surface area contributed by atoms with Gasteiger partial charge >= 0.3 is 5.97 Å². The molecule has 3 nitrogen and oxygen atoms in total. The van der Waals surface area contributed by atoms with Crippen LogP contribution in [0.2, 0.25) is 0 Å². The second kappa shape index (κ2) is 4.84. The maximum Gasteiger partial charge on any atom is 0.320 e. The van der Waals surface area contributed by atoms with Gasteiger partial charge in [-0.3, -0.25) is 9.69 Å². The number of carbonyl (C=O) groups is 1. The smallest absolute Gasteiger partial charge is 0.320 e. The highest BCUT2D eigenvalue weighted by molar-refractivity contribution is 5.73. The van der Waals surface area contributed by atoms with E-state index in [0.29, 0.717) is 12.1 Å². The van der Waals surface area contributed by atoms with Crippen molar-refractivity contribution in [2.75, 3.05) is 0 Å². The van der Waals surface area contributed by atoms with Gasteiger partial charge in [0.1, 0.15) is 6.04 Å². The first kappa shape index (κ1) is 12.5. The molecule has 0 bridgehead atoms. The van der Waals surface area contributed by atoms with E-state index in [2.05, 4.69) is 11.8 Å². The molecule has 1 aliphatic heterocycles. The zero-order chi connectivity index (χ0) is 12.7. The number of nitrogens with zero attached hydrogens (tertiary/aromatic N) is 1. The molecule has 0 amide bonds. The van der Waals surface area contributed by atoms with E-state index in [1.165, 1.54) is 38.5 Å². The molecule has 0 aromatic heterocycles. The summed E-state index contributed by atoms with van der Waals surface area (Å²) < 4.78 is 0. The van der Waals surface area contributed by atoms with Crippen LogP contribution in [0, 0.1) is 11.8 Å². The molecule has 3 rings (SSSR count). The molecule has 1 N–H and O–H groups in total. The van der Waals surface area contributed by atoms with Gasteiger partial charge in [0.2, 0.25) is 0 Å². The third kappa shape index (κ3) is 2.18. The average Bonchev–Trinajstić information content (AvgIpc) is 3.20. The van der Waals surface area contributed by atoms with Crippen LogP contribution < -0.4 is 0 Å². The Morgan fingerprint density at radius 3 is 2.50 bits per heavy atom. The zero-order valence-electron chi connectivity index (χ0n) is 11.3. The van der Waals surface area contributed by atoms with Crippen LogP contribution in [-0.2, 0) is 4.79 Å². The number of fused-ring (bicyclic) bond motifs is 1. The summed E-state index contributed by atoms with van der Waals surface area (Å²) in [7, 11) is 0. The van der Waals surface area contributed by atoms with E-state index in [1.54, 1.807) is 0 Å². The lowest BCUT2D eigenvalue weighted by molar-refractivity contribution is -0.150. The zero-order valence-corrected chi connectivity index (χ0v) is 11.3. The Morgan fingerprint density at radius 2 is 1.83 bits per heavy atom. The van der Waals surface area contributed by atoms with Crippen LogP contribution in [-0.4, -0.2) is 34.1 Å². The van der Waals surface area contributed by atoms with E-state index in [0.717, 1.165) is 24.7 Å². The minimum absolute atomic E-state index is 0.208. The minimum atomic E-state index is -0.591. The third-order valence-corrected chi connectivity index (χ3v) is 5.48. The highest BCUT2D eigenvalue weighted by Gasteiger charge is 2.46. The Morgan fingerprint density at radius 1 is 1.11 bits per heavy atom. The molecule has 4 atom stereocenters. The fourth-order valence-electron chi connectivity index (χ4n) is 4.33. The van der Waals surface area contributed by atoms with E-state index in [1.807, 2.05) is 0 Å². The van der Waals surface area contributed by atoms with Crippen molar-refractivity contribution in [2.24, 2.45) is 11.8 Å². The molecule has 3 aliphatic rings. The first-order valence-corrected chi connectivity index (χ1v) is 7.68. The topological polar surface area (TPSA) is 40.5 Å². The number of rotatable bonds is 3. The largest absolute Gasteiger partial charge is 0.480 e. The van der Waals surface area contributed by atoms with Crippen LogP contribution in [0.4, 0.5) is 0 Å². The molecule has 0 spiro atoms. The summed E-state index contributed by atoms with van der Waals surface area (Å²) >= 11 is 0. The van der Waals surface area contributed by atoms with Gasteiger partial charge in [-0.2, -0.15) is 0 Å². The van der Waals surface area contributed by atoms with Crippen molar-refractivity contribution in [3.63, 3.8) is 0 Å². The summed E-state index contributed by atoms with van der Waals surface area (Å²) in [4.78, 5) is 14.0. The highest BCUT2D eigenvalue weighted by atomic mass is 16.4. The number of hydrogen-bond acceptors (Lipinski definition) is 2. The molecule has 18 heavy (non-hydrogen) atoms. The Balaban J connectivity index is 1.81. The van der Waals surface area contributed by atoms with Crippen LogP contribution in [0.3, 0.4) is 0 Å². The van der Waals surface area contributed by atoms with Crippen molar-refractivity contribution in [1.29, 1.82) is 0 Å². The number of likely N-dealkylation sites (tertiary alicyclic amines) is 1. The van der Waals surface area contributed by atoms with E-state index in [-0.39, 0.29) is 6.04 Å². The lowest BCUT2D eigenvalue weighted by Crippen LogP contribution is -2.58. The van der Waals surface area contributed by atoms with Crippen molar-refractivity contribution >= 4 is 5.97 Å². The predicted molar refractivity (Wildman–Crippen MR) is 70.4 cm³/mol. The number of carboxylic acids is 1. The molecular formula is C15H25NO2. The summed E-state index contributed by atoms with van der Waals surface area (Å²) in [6.07, 6.45) is 9.81. The van der Waals surface area contributed by atoms with Gasteiger partial charge in [0.15, 0.2) is 0 Å². The molecular weight excluding hydrogens is 226 g/mol. The average molecular weight is 251 g/mol. The second-order valence-corrected chi connectivity index (χ2v) is 6.57. The summed E-state index contributed by atoms with van der Waals surface area (Å²) in [5.41, 5.74) is 0. The van der Waals surface area contributed by atoms with E-state index >= 15 is 0 Å². The Kier molecular flexibility index (Phi) is 3.35. The molecule has 0 aromatic rings. The lowest BCUT2D eigenvalue weighted by atomic mass is 9.75. The normalized spacial score (nSPS) is 39.1.